The highest BCUT2D eigenvalue weighted by Crippen LogP contribution is 2.37. The van der Waals surface area contributed by atoms with Crippen LogP contribution in [0.4, 0.5) is 5.82 Å². The molecule has 1 fully saturated rings. The molecule has 0 spiro atoms. The summed E-state index contributed by atoms with van der Waals surface area (Å²) in [6.07, 6.45) is 4.84. The minimum Gasteiger partial charge on any atom is -0.355 e. The third kappa shape index (κ3) is 1.89. The minimum absolute atomic E-state index is 0.595. The van der Waals surface area contributed by atoms with Crippen molar-refractivity contribution in [2.75, 3.05) is 11.9 Å². The maximum absolute atomic E-state index is 4.75. The number of alkyl halides is 1. The molecule has 1 atom stereocenters. The number of fused-ring (bicyclic) bond motifs is 1. The highest BCUT2D eigenvalue weighted by molar-refractivity contribution is 9.08. The highest BCUT2D eigenvalue weighted by atomic mass is 79.9. The normalized spacial score (nSPS) is 17.6. The molecule has 2 aromatic heterocycles. The molecule has 2 heterocycles. The summed E-state index contributed by atoms with van der Waals surface area (Å²) in [7, 11) is 2.17. The number of halogens is 1. The van der Waals surface area contributed by atoms with E-state index >= 15 is 0 Å². The SMILES string of the molecule is CC(C1CC1)N(C)c1nc2sccn2c1CBr. The number of thiazole rings is 1. The molecule has 0 aromatic carbocycles. The molecule has 3 rings (SSSR count). The van der Waals surface area contributed by atoms with E-state index < -0.39 is 0 Å². The lowest BCUT2D eigenvalue weighted by atomic mass is 10.2. The van der Waals surface area contributed by atoms with Crippen molar-refractivity contribution in [2.45, 2.75) is 31.1 Å². The number of imidazole rings is 1. The molecular weight excluding hydrogens is 298 g/mol. The second kappa shape index (κ2) is 4.28. The predicted molar refractivity (Wildman–Crippen MR) is 76.3 cm³/mol. The van der Waals surface area contributed by atoms with Gasteiger partial charge in [-0.15, -0.1) is 11.3 Å². The van der Waals surface area contributed by atoms with E-state index in [0.29, 0.717) is 6.04 Å². The molecule has 2 aromatic rings. The molecule has 1 aliphatic carbocycles. The first kappa shape index (κ1) is 11.5. The average molecular weight is 314 g/mol. The monoisotopic (exact) mass is 313 g/mol. The van der Waals surface area contributed by atoms with Crippen molar-refractivity contribution in [3.05, 3.63) is 17.3 Å². The van der Waals surface area contributed by atoms with Gasteiger partial charge in [-0.1, -0.05) is 15.9 Å². The Morgan fingerprint density at radius 2 is 2.41 bits per heavy atom. The first-order chi connectivity index (χ1) is 8.22. The molecule has 1 aliphatic rings. The summed E-state index contributed by atoms with van der Waals surface area (Å²) in [6, 6.07) is 0.595. The van der Waals surface area contributed by atoms with Crippen molar-refractivity contribution in [2.24, 2.45) is 5.92 Å². The second-order valence-electron chi connectivity index (χ2n) is 4.76. The van der Waals surface area contributed by atoms with Crippen molar-refractivity contribution in [1.29, 1.82) is 0 Å². The first-order valence-corrected chi connectivity index (χ1v) is 7.95. The lowest BCUT2D eigenvalue weighted by Gasteiger charge is -2.25. The van der Waals surface area contributed by atoms with Gasteiger partial charge in [0.1, 0.15) is 0 Å². The van der Waals surface area contributed by atoms with Crippen LogP contribution in [0.25, 0.3) is 4.96 Å². The Hall–Kier alpha value is -0.550. The van der Waals surface area contributed by atoms with Gasteiger partial charge in [-0.05, 0) is 25.7 Å². The van der Waals surface area contributed by atoms with E-state index in [4.69, 9.17) is 4.98 Å². The Kier molecular flexibility index (Phi) is 2.91. The second-order valence-corrected chi connectivity index (χ2v) is 6.19. The van der Waals surface area contributed by atoms with Gasteiger partial charge in [0.05, 0.1) is 5.69 Å². The number of anilines is 1. The molecule has 17 heavy (non-hydrogen) atoms. The van der Waals surface area contributed by atoms with Crippen LogP contribution in [-0.4, -0.2) is 22.5 Å². The van der Waals surface area contributed by atoms with E-state index in [0.717, 1.165) is 22.0 Å². The van der Waals surface area contributed by atoms with Crippen LogP contribution >= 0.6 is 27.3 Å². The van der Waals surface area contributed by atoms with E-state index in [2.05, 4.69) is 50.8 Å². The van der Waals surface area contributed by atoms with E-state index in [9.17, 15) is 0 Å². The molecule has 0 radical (unpaired) electrons. The molecule has 0 saturated heterocycles. The molecule has 3 nitrogen and oxygen atoms in total. The van der Waals surface area contributed by atoms with Crippen molar-refractivity contribution in [1.82, 2.24) is 9.38 Å². The van der Waals surface area contributed by atoms with Crippen LogP contribution < -0.4 is 4.90 Å². The lowest BCUT2D eigenvalue weighted by molar-refractivity contribution is 0.603. The zero-order chi connectivity index (χ0) is 12.0. The van der Waals surface area contributed by atoms with E-state index in [1.807, 2.05) is 0 Å². The molecule has 0 aliphatic heterocycles. The number of rotatable bonds is 4. The topological polar surface area (TPSA) is 20.5 Å². The average Bonchev–Trinajstić information content (AvgIpc) is 2.97. The zero-order valence-electron chi connectivity index (χ0n) is 10.1. The van der Waals surface area contributed by atoms with E-state index in [-0.39, 0.29) is 0 Å². The summed E-state index contributed by atoms with van der Waals surface area (Å²) < 4.78 is 2.19. The third-order valence-corrected chi connectivity index (χ3v) is 5.00. The Bertz CT molecular complexity index is 529. The Morgan fingerprint density at radius 1 is 1.65 bits per heavy atom. The van der Waals surface area contributed by atoms with Crippen LogP contribution in [0, 0.1) is 5.92 Å². The van der Waals surface area contributed by atoms with Gasteiger partial charge < -0.3 is 4.90 Å². The van der Waals surface area contributed by atoms with Crippen molar-refractivity contribution in [3.63, 3.8) is 0 Å². The molecule has 92 valence electrons. The number of hydrogen-bond donors (Lipinski definition) is 0. The summed E-state index contributed by atoms with van der Waals surface area (Å²) in [5.74, 6) is 2.00. The summed E-state index contributed by atoms with van der Waals surface area (Å²) in [4.78, 5) is 8.18. The van der Waals surface area contributed by atoms with Gasteiger partial charge in [-0.3, -0.25) is 4.40 Å². The van der Waals surface area contributed by atoms with Gasteiger partial charge in [0.25, 0.3) is 0 Å². The molecule has 5 heteroatoms. The molecule has 1 unspecified atom stereocenters. The van der Waals surface area contributed by atoms with Crippen molar-refractivity contribution < 1.29 is 0 Å². The van der Waals surface area contributed by atoms with Crippen LogP contribution in [-0.2, 0) is 5.33 Å². The minimum atomic E-state index is 0.595. The maximum Gasteiger partial charge on any atom is 0.195 e. The predicted octanol–water partition coefficient (Wildman–Crippen LogP) is 3.53. The largest absolute Gasteiger partial charge is 0.355 e. The third-order valence-electron chi connectivity index (χ3n) is 3.72. The number of aromatic nitrogens is 2. The van der Waals surface area contributed by atoms with Gasteiger partial charge in [0, 0.05) is 30.0 Å². The van der Waals surface area contributed by atoms with Crippen LogP contribution in [0.15, 0.2) is 11.6 Å². The maximum atomic E-state index is 4.75. The van der Waals surface area contributed by atoms with Crippen molar-refractivity contribution in [3.8, 4) is 0 Å². The fraction of sp³-hybridized carbons (Fsp3) is 0.583. The van der Waals surface area contributed by atoms with Crippen LogP contribution in [0.3, 0.4) is 0 Å². The Balaban J connectivity index is 1.99. The number of hydrogen-bond acceptors (Lipinski definition) is 3. The van der Waals surface area contributed by atoms with Gasteiger partial charge in [0.15, 0.2) is 10.8 Å². The molecule has 0 amide bonds. The van der Waals surface area contributed by atoms with Gasteiger partial charge in [-0.25, -0.2) is 4.98 Å². The fourth-order valence-corrected chi connectivity index (χ4v) is 3.56. The van der Waals surface area contributed by atoms with Crippen molar-refractivity contribution >= 4 is 38.0 Å². The van der Waals surface area contributed by atoms with Gasteiger partial charge >= 0.3 is 0 Å². The first-order valence-electron chi connectivity index (χ1n) is 5.95. The number of nitrogens with zero attached hydrogens (tertiary/aromatic N) is 3. The fourth-order valence-electron chi connectivity index (χ4n) is 2.32. The summed E-state index contributed by atoms with van der Waals surface area (Å²) in [5.41, 5.74) is 1.26. The van der Waals surface area contributed by atoms with Crippen LogP contribution in [0.1, 0.15) is 25.5 Å². The van der Waals surface area contributed by atoms with E-state index in [1.54, 1.807) is 11.3 Å². The quantitative estimate of drug-likeness (QED) is 0.805. The molecular formula is C12H16BrN3S. The highest BCUT2D eigenvalue weighted by Gasteiger charge is 2.32. The zero-order valence-corrected chi connectivity index (χ0v) is 12.5. The Labute approximate surface area is 114 Å². The Morgan fingerprint density at radius 3 is 3.06 bits per heavy atom. The standard InChI is InChI=1S/C12H16BrN3S/c1-8(9-3-4-9)15(2)11-10(7-13)16-5-6-17-12(16)14-11/h5-6,8-9H,3-4,7H2,1-2H3. The van der Waals surface area contributed by atoms with E-state index in [1.165, 1.54) is 18.5 Å². The smallest absolute Gasteiger partial charge is 0.195 e. The lowest BCUT2D eigenvalue weighted by Crippen LogP contribution is -2.31. The summed E-state index contributed by atoms with van der Waals surface area (Å²) >= 11 is 5.28. The van der Waals surface area contributed by atoms with Gasteiger partial charge in [-0.2, -0.15) is 0 Å². The van der Waals surface area contributed by atoms with Crippen LogP contribution in [0.5, 0.6) is 0 Å². The van der Waals surface area contributed by atoms with Gasteiger partial charge in [0.2, 0.25) is 0 Å². The van der Waals surface area contributed by atoms with Crippen LogP contribution in [0.2, 0.25) is 0 Å². The summed E-state index contributed by atoms with van der Waals surface area (Å²) in [6.45, 7) is 2.31. The molecule has 0 bridgehead atoms. The summed E-state index contributed by atoms with van der Waals surface area (Å²) in [5, 5.41) is 2.94. The molecule has 1 saturated carbocycles. The molecule has 0 N–H and O–H groups in total.